The van der Waals surface area contributed by atoms with Crippen molar-refractivity contribution >= 4 is 11.9 Å². The number of nitrogens with one attached hydrogen (secondary N) is 1. The number of carboxylic acid groups (broad SMARTS) is 1. The molecule has 0 saturated carbocycles. The molecule has 2 aliphatic rings. The van der Waals surface area contributed by atoms with Crippen molar-refractivity contribution in [2.24, 2.45) is 13.0 Å². The van der Waals surface area contributed by atoms with E-state index in [1.54, 1.807) is 41.6 Å². The summed E-state index contributed by atoms with van der Waals surface area (Å²) in [5.41, 5.74) is 1.98. The lowest BCUT2D eigenvalue weighted by Crippen LogP contribution is -2.52. The Kier molecular flexibility index (Phi) is 4.99. The van der Waals surface area contributed by atoms with Crippen LogP contribution >= 0.6 is 0 Å². The largest absolute Gasteiger partial charge is 0.480 e. The SMILES string of the molecule is Cc1ncn(C)c1C(=O)NC[C@H]1[C@H]2C[C@H](CN(CC(=O)O)C2)c2cccc(=O)n21. The normalized spacial score (nSPS) is 23.4. The molecule has 2 aliphatic heterocycles. The minimum Gasteiger partial charge on any atom is -0.480 e. The molecule has 1 fully saturated rings. The molecule has 3 atom stereocenters. The number of carbonyl (C=O) groups is 2. The van der Waals surface area contributed by atoms with Gasteiger partial charge in [0, 0.05) is 44.4 Å². The number of aliphatic carboxylic acids is 1. The van der Waals surface area contributed by atoms with E-state index in [-0.39, 0.29) is 35.9 Å². The van der Waals surface area contributed by atoms with Crippen molar-refractivity contribution in [3.05, 3.63) is 52.0 Å². The highest BCUT2D eigenvalue weighted by molar-refractivity contribution is 5.93. The van der Waals surface area contributed by atoms with Crippen LogP contribution in [-0.4, -0.2) is 62.2 Å². The number of imidazole rings is 1. The monoisotopic (exact) mass is 399 g/mol. The zero-order valence-electron chi connectivity index (χ0n) is 16.5. The van der Waals surface area contributed by atoms with Gasteiger partial charge in [0.05, 0.1) is 24.6 Å². The molecule has 2 aromatic rings. The Labute approximate surface area is 168 Å². The number of likely N-dealkylation sites (tertiary alicyclic amines) is 1. The van der Waals surface area contributed by atoms with Gasteiger partial charge in [-0.3, -0.25) is 19.3 Å². The Morgan fingerprint density at radius 3 is 2.79 bits per heavy atom. The van der Waals surface area contributed by atoms with E-state index in [0.29, 0.717) is 31.0 Å². The van der Waals surface area contributed by atoms with Crippen LogP contribution in [0.15, 0.2) is 29.3 Å². The first-order valence-corrected chi connectivity index (χ1v) is 9.77. The minimum absolute atomic E-state index is 0.0165. The average molecular weight is 399 g/mol. The lowest BCUT2D eigenvalue weighted by molar-refractivity contribution is -0.139. The van der Waals surface area contributed by atoms with Gasteiger partial charge in [-0.25, -0.2) is 4.98 Å². The summed E-state index contributed by atoms with van der Waals surface area (Å²) < 4.78 is 3.48. The maximum Gasteiger partial charge on any atom is 0.317 e. The highest BCUT2D eigenvalue weighted by Gasteiger charge is 2.41. The quantitative estimate of drug-likeness (QED) is 0.752. The highest BCUT2D eigenvalue weighted by atomic mass is 16.4. The van der Waals surface area contributed by atoms with E-state index in [1.807, 2.05) is 11.0 Å². The molecule has 2 N–H and O–H groups in total. The molecule has 2 aromatic heterocycles. The molecule has 29 heavy (non-hydrogen) atoms. The number of rotatable bonds is 5. The van der Waals surface area contributed by atoms with Crippen LogP contribution in [0.1, 0.15) is 40.3 Å². The predicted molar refractivity (Wildman–Crippen MR) is 105 cm³/mol. The van der Waals surface area contributed by atoms with E-state index < -0.39 is 5.97 Å². The molecule has 0 aromatic carbocycles. The Hall–Kier alpha value is -2.94. The molecule has 1 saturated heterocycles. The summed E-state index contributed by atoms with van der Waals surface area (Å²) in [5.74, 6) is -0.873. The maximum absolute atomic E-state index is 12.7. The van der Waals surface area contributed by atoms with Gasteiger partial charge in [-0.1, -0.05) is 6.07 Å². The third-order valence-corrected chi connectivity index (χ3v) is 6.04. The van der Waals surface area contributed by atoms with Gasteiger partial charge in [0.1, 0.15) is 5.69 Å². The topological polar surface area (TPSA) is 109 Å². The van der Waals surface area contributed by atoms with E-state index in [1.165, 1.54) is 0 Å². The van der Waals surface area contributed by atoms with Gasteiger partial charge in [-0.05, 0) is 25.3 Å². The van der Waals surface area contributed by atoms with Crippen molar-refractivity contribution in [3.63, 3.8) is 0 Å². The van der Waals surface area contributed by atoms with Crippen molar-refractivity contribution < 1.29 is 14.7 Å². The molecular formula is C20H25N5O4. The molecule has 9 nitrogen and oxygen atoms in total. The van der Waals surface area contributed by atoms with Gasteiger partial charge < -0.3 is 19.6 Å². The van der Waals surface area contributed by atoms with Gasteiger partial charge in [0.2, 0.25) is 0 Å². The summed E-state index contributed by atoms with van der Waals surface area (Å²) in [6, 6.07) is 5.01. The second kappa shape index (κ2) is 7.47. The number of amides is 1. The first-order chi connectivity index (χ1) is 13.8. The van der Waals surface area contributed by atoms with E-state index >= 15 is 0 Å². The Bertz CT molecular complexity index is 991. The van der Waals surface area contributed by atoms with Crippen LogP contribution in [0, 0.1) is 12.8 Å². The number of carboxylic acids is 1. The molecular weight excluding hydrogens is 374 g/mol. The summed E-state index contributed by atoms with van der Waals surface area (Å²) in [6.45, 7) is 3.29. The molecule has 2 bridgehead atoms. The fraction of sp³-hybridized carbons (Fsp3) is 0.500. The zero-order chi connectivity index (χ0) is 20.7. The van der Waals surface area contributed by atoms with Crippen LogP contribution in [0.2, 0.25) is 0 Å². The average Bonchev–Trinajstić information content (AvgIpc) is 2.99. The van der Waals surface area contributed by atoms with Crippen LogP contribution in [0.3, 0.4) is 0 Å². The summed E-state index contributed by atoms with van der Waals surface area (Å²) in [6.07, 6.45) is 2.48. The van der Waals surface area contributed by atoms with E-state index in [4.69, 9.17) is 0 Å². The maximum atomic E-state index is 12.7. The van der Waals surface area contributed by atoms with Crippen molar-refractivity contribution in [2.75, 3.05) is 26.2 Å². The molecule has 4 rings (SSSR count). The van der Waals surface area contributed by atoms with Gasteiger partial charge in [0.15, 0.2) is 0 Å². The summed E-state index contributed by atoms with van der Waals surface area (Å²) in [7, 11) is 1.77. The third-order valence-electron chi connectivity index (χ3n) is 6.04. The fourth-order valence-corrected chi connectivity index (χ4v) is 4.87. The Morgan fingerprint density at radius 2 is 2.10 bits per heavy atom. The second-order valence-corrected chi connectivity index (χ2v) is 8.01. The third kappa shape index (κ3) is 3.57. The molecule has 9 heteroatoms. The van der Waals surface area contributed by atoms with Crippen LogP contribution in [0.5, 0.6) is 0 Å². The van der Waals surface area contributed by atoms with Gasteiger partial charge in [0.25, 0.3) is 11.5 Å². The number of carbonyl (C=O) groups excluding carboxylic acids is 1. The van der Waals surface area contributed by atoms with Gasteiger partial charge in [-0.2, -0.15) is 0 Å². The minimum atomic E-state index is -0.855. The molecule has 1 amide bonds. The second-order valence-electron chi connectivity index (χ2n) is 8.01. The molecule has 4 heterocycles. The number of nitrogens with zero attached hydrogens (tertiary/aromatic N) is 4. The lowest BCUT2D eigenvalue weighted by atomic mass is 9.78. The zero-order valence-corrected chi connectivity index (χ0v) is 16.5. The first kappa shape index (κ1) is 19.4. The van der Waals surface area contributed by atoms with Gasteiger partial charge >= 0.3 is 5.97 Å². The number of pyridine rings is 1. The van der Waals surface area contributed by atoms with Crippen molar-refractivity contribution in [1.82, 2.24) is 24.3 Å². The Morgan fingerprint density at radius 1 is 1.31 bits per heavy atom. The number of piperidine rings is 1. The number of hydrogen-bond acceptors (Lipinski definition) is 5. The van der Waals surface area contributed by atoms with Crippen LogP contribution < -0.4 is 10.9 Å². The van der Waals surface area contributed by atoms with Crippen LogP contribution in [0.4, 0.5) is 0 Å². The summed E-state index contributed by atoms with van der Waals surface area (Å²) >= 11 is 0. The first-order valence-electron chi connectivity index (χ1n) is 9.77. The smallest absolute Gasteiger partial charge is 0.317 e. The van der Waals surface area contributed by atoms with E-state index in [2.05, 4.69) is 10.3 Å². The number of hydrogen-bond donors (Lipinski definition) is 2. The lowest BCUT2D eigenvalue weighted by Gasteiger charge is -2.46. The predicted octanol–water partition coefficient (Wildman–Crippen LogP) is 0.365. The highest BCUT2D eigenvalue weighted by Crippen LogP contribution is 2.40. The molecule has 0 aliphatic carbocycles. The summed E-state index contributed by atoms with van der Waals surface area (Å²) in [4.78, 5) is 42.7. The van der Waals surface area contributed by atoms with Crippen molar-refractivity contribution in [2.45, 2.75) is 25.3 Å². The fourth-order valence-electron chi connectivity index (χ4n) is 4.87. The summed E-state index contributed by atoms with van der Waals surface area (Å²) in [5, 5.41) is 12.2. The molecule has 0 radical (unpaired) electrons. The molecule has 0 unspecified atom stereocenters. The van der Waals surface area contributed by atoms with Crippen LogP contribution in [0.25, 0.3) is 0 Å². The van der Waals surface area contributed by atoms with Crippen molar-refractivity contribution in [1.29, 1.82) is 0 Å². The van der Waals surface area contributed by atoms with Crippen molar-refractivity contribution in [3.8, 4) is 0 Å². The molecule has 154 valence electrons. The van der Waals surface area contributed by atoms with Crippen LogP contribution in [-0.2, 0) is 11.8 Å². The number of aryl methyl sites for hydroxylation is 2. The van der Waals surface area contributed by atoms with E-state index in [0.717, 1.165) is 12.1 Å². The van der Waals surface area contributed by atoms with Gasteiger partial charge in [-0.15, -0.1) is 0 Å². The standard InChI is InChI=1S/C20H25N5O4/c1-12-19(23(2)11-22-12)20(29)21-7-16-14-6-13(8-24(9-14)10-18(27)28)15-4-3-5-17(26)25(15)16/h3-5,11,13-14,16H,6-10H2,1-2H3,(H,21,29)(H,27,28)/t13-,14+,16+/m1/s1. The molecule has 0 spiro atoms. The Balaban J connectivity index is 1.61. The number of aromatic nitrogens is 3. The van der Waals surface area contributed by atoms with E-state index in [9.17, 15) is 19.5 Å². The number of fused-ring (bicyclic) bond motifs is 4.